The summed E-state index contributed by atoms with van der Waals surface area (Å²) in [5.41, 5.74) is 2.08. The van der Waals surface area contributed by atoms with E-state index in [9.17, 15) is 9.59 Å². The number of thiophene rings is 2. The van der Waals surface area contributed by atoms with Gasteiger partial charge in [0.25, 0.3) is 0 Å². The van der Waals surface area contributed by atoms with Crippen molar-refractivity contribution in [1.82, 2.24) is 4.98 Å². The van der Waals surface area contributed by atoms with Crippen molar-refractivity contribution < 1.29 is 14.3 Å². The Balaban J connectivity index is 1.59. The van der Waals surface area contributed by atoms with Gasteiger partial charge in [-0.15, -0.1) is 22.7 Å². The molecule has 150 valence electrons. The van der Waals surface area contributed by atoms with Gasteiger partial charge < -0.3 is 10.1 Å². The second-order valence-corrected chi connectivity index (χ2v) is 8.97. The van der Waals surface area contributed by atoms with Crippen LogP contribution in [0.5, 0.6) is 0 Å². The number of nitrogens with one attached hydrogen (secondary N) is 1. The SMILES string of the molecule is O=C(Cc1cccs1)Nc1scc(-c2ccncc2)c1C(=O)OC1CCCCC1. The Morgan fingerprint density at radius 2 is 1.90 bits per heavy atom. The molecule has 1 N–H and O–H groups in total. The minimum atomic E-state index is -0.364. The second kappa shape index (κ2) is 9.33. The first-order chi connectivity index (χ1) is 14.2. The van der Waals surface area contributed by atoms with E-state index in [1.54, 1.807) is 23.7 Å². The summed E-state index contributed by atoms with van der Waals surface area (Å²) in [6, 6.07) is 7.57. The van der Waals surface area contributed by atoms with E-state index < -0.39 is 0 Å². The van der Waals surface area contributed by atoms with Gasteiger partial charge in [0.15, 0.2) is 0 Å². The second-order valence-electron chi connectivity index (χ2n) is 7.06. The fraction of sp³-hybridized carbons (Fsp3) is 0.318. The third kappa shape index (κ3) is 4.92. The summed E-state index contributed by atoms with van der Waals surface area (Å²) in [6.07, 6.45) is 8.80. The summed E-state index contributed by atoms with van der Waals surface area (Å²) in [5.74, 6) is -0.501. The van der Waals surface area contributed by atoms with E-state index >= 15 is 0 Å². The maximum absolute atomic E-state index is 13.1. The van der Waals surface area contributed by atoms with Gasteiger partial charge in [0.1, 0.15) is 16.7 Å². The number of nitrogens with zero attached hydrogens (tertiary/aromatic N) is 1. The first-order valence-electron chi connectivity index (χ1n) is 9.76. The van der Waals surface area contributed by atoms with E-state index in [4.69, 9.17) is 4.74 Å². The number of anilines is 1. The number of amides is 1. The van der Waals surface area contributed by atoms with Crippen LogP contribution >= 0.6 is 22.7 Å². The Hall–Kier alpha value is -2.51. The molecule has 5 nitrogen and oxygen atoms in total. The van der Waals surface area contributed by atoms with Crippen LogP contribution in [0.4, 0.5) is 5.00 Å². The maximum Gasteiger partial charge on any atom is 0.342 e. The normalized spacial score (nSPS) is 14.5. The lowest BCUT2D eigenvalue weighted by Crippen LogP contribution is -2.22. The Morgan fingerprint density at radius 3 is 2.62 bits per heavy atom. The zero-order valence-corrected chi connectivity index (χ0v) is 17.6. The lowest BCUT2D eigenvalue weighted by molar-refractivity contribution is -0.115. The summed E-state index contributed by atoms with van der Waals surface area (Å²) in [6.45, 7) is 0. The molecule has 3 aromatic rings. The van der Waals surface area contributed by atoms with Gasteiger partial charge in [0.05, 0.1) is 6.42 Å². The van der Waals surface area contributed by atoms with Gasteiger partial charge in [-0.3, -0.25) is 9.78 Å². The predicted molar refractivity (Wildman–Crippen MR) is 116 cm³/mol. The van der Waals surface area contributed by atoms with E-state index in [1.165, 1.54) is 17.8 Å². The largest absolute Gasteiger partial charge is 0.459 e. The lowest BCUT2D eigenvalue weighted by Gasteiger charge is -2.22. The van der Waals surface area contributed by atoms with Crippen LogP contribution in [-0.4, -0.2) is 23.0 Å². The van der Waals surface area contributed by atoms with Gasteiger partial charge in [-0.05, 0) is 54.8 Å². The molecule has 1 saturated carbocycles. The molecular formula is C22H22N2O3S2. The van der Waals surface area contributed by atoms with Crippen molar-refractivity contribution in [1.29, 1.82) is 0 Å². The quantitative estimate of drug-likeness (QED) is 0.525. The molecule has 1 amide bonds. The van der Waals surface area contributed by atoms with Gasteiger partial charge in [-0.25, -0.2) is 4.79 Å². The third-order valence-electron chi connectivity index (χ3n) is 4.98. The van der Waals surface area contributed by atoms with Crippen LogP contribution in [0.1, 0.15) is 47.3 Å². The molecule has 0 aromatic carbocycles. The highest BCUT2D eigenvalue weighted by Crippen LogP contribution is 2.37. The topological polar surface area (TPSA) is 68.3 Å². The Bertz CT molecular complexity index is 961. The van der Waals surface area contributed by atoms with Crippen LogP contribution in [0, 0.1) is 0 Å². The molecule has 1 aliphatic carbocycles. The summed E-state index contributed by atoms with van der Waals surface area (Å²) >= 11 is 2.89. The summed E-state index contributed by atoms with van der Waals surface area (Å²) in [4.78, 5) is 30.7. The summed E-state index contributed by atoms with van der Waals surface area (Å²) < 4.78 is 5.83. The highest BCUT2D eigenvalue weighted by Gasteiger charge is 2.26. The molecule has 0 unspecified atom stereocenters. The van der Waals surface area contributed by atoms with Crippen molar-refractivity contribution in [3.05, 3.63) is 57.9 Å². The van der Waals surface area contributed by atoms with Crippen molar-refractivity contribution in [2.75, 3.05) is 5.32 Å². The number of rotatable bonds is 6. The zero-order chi connectivity index (χ0) is 20.1. The highest BCUT2D eigenvalue weighted by atomic mass is 32.1. The standard InChI is InChI=1S/C22H22N2O3S2/c25-19(13-17-7-4-12-28-17)24-21-20(22(26)27-16-5-2-1-3-6-16)18(14-29-21)15-8-10-23-11-9-15/h4,7-12,14,16H,1-3,5-6,13H2,(H,24,25). The molecule has 1 aliphatic rings. The van der Waals surface area contributed by atoms with Crippen molar-refractivity contribution in [2.24, 2.45) is 0 Å². The van der Waals surface area contributed by atoms with E-state index in [0.29, 0.717) is 10.6 Å². The van der Waals surface area contributed by atoms with Crippen LogP contribution in [0.25, 0.3) is 11.1 Å². The minimum Gasteiger partial charge on any atom is -0.459 e. The first-order valence-corrected chi connectivity index (χ1v) is 11.5. The monoisotopic (exact) mass is 426 g/mol. The third-order valence-corrected chi connectivity index (χ3v) is 6.75. The maximum atomic E-state index is 13.1. The smallest absolute Gasteiger partial charge is 0.342 e. The molecule has 0 atom stereocenters. The number of carbonyl (C=O) groups excluding carboxylic acids is 2. The number of aromatic nitrogens is 1. The zero-order valence-electron chi connectivity index (χ0n) is 15.9. The number of esters is 1. The Kier molecular flexibility index (Phi) is 6.36. The van der Waals surface area contributed by atoms with Crippen molar-refractivity contribution in [2.45, 2.75) is 44.6 Å². The van der Waals surface area contributed by atoms with Gasteiger partial charge in [0, 0.05) is 28.2 Å². The molecule has 29 heavy (non-hydrogen) atoms. The lowest BCUT2D eigenvalue weighted by atomic mass is 9.97. The van der Waals surface area contributed by atoms with Crippen LogP contribution in [0.15, 0.2) is 47.4 Å². The van der Waals surface area contributed by atoms with Crippen molar-refractivity contribution >= 4 is 39.6 Å². The van der Waals surface area contributed by atoms with E-state index in [2.05, 4.69) is 10.3 Å². The molecule has 7 heteroatoms. The van der Waals surface area contributed by atoms with Crippen molar-refractivity contribution in [3.63, 3.8) is 0 Å². The number of pyridine rings is 1. The van der Waals surface area contributed by atoms with Crippen molar-refractivity contribution in [3.8, 4) is 11.1 Å². The molecule has 0 radical (unpaired) electrons. The van der Waals surface area contributed by atoms with Crippen LogP contribution in [0.2, 0.25) is 0 Å². The molecule has 0 saturated heterocycles. The fourth-order valence-corrected chi connectivity index (χ4v) is 5.21. The summed E-state index contributed by atoms with van der Waals surface area (Å²) in [7, 11) is 0. The van der Waals surface area contributed by atoms with Gasteiger partial charge in [-0.2, -0.15) is 0 Å². The Morgan fingerprint density at radius 1 is 1.10 bits per heavy atom. The van der Waals surface area contributed by atoms with E-state index in [0.717, 1.165) is 41.7 Å². The van der Waals surface area contributed by atoms with Gasteiger partial charge >= 0.3 is 5.97 Å². The molecule has 4 rings (SSSR count). The molecule has 1 fully saturated rings. The predicted octanol–water partition coefficient (Wildman–Crippen LogP) is 5.54. The number of ether oxygens (including phenoxy) is 1. The van der Waals surface area contributed by atoms with E-state index in [1.807, 2.05) is 35.0 Å². The summed E-state index contributed by atoms with van der Waals surface area (Å²) in [5, 5.41) is 7.31. The fourth-order valence-electron chi connectivity index (χ4n) is 3.53. The molecule has 0 spiro atoms. The first kappa shape index (κ1) is 19.8. The van der Waals surface area contributed by atoms with Crippen LogP contribution in [-0.2, 0) is 16.0 Å². The average molecular weight is 427 g/mol. The van der Waals surface area contributed by atoms with Crippen LogP contribution in [0.3, 0.4) is 0 Å². The average Bonchev–Trinajstić information content (AvgIpc) is 3.39. The van der Waals surface area contributed by atoms with E-state index in [-0.39, 0.29) is 24.4 Å². The number of carbonyl (C=O) groups is 2. The number of hydrogen-bond acceptors (Lipinski definition) is 6. The number of hydrogen-bond donors (Lipinski definition) is 1. The molecule has 0 bridgehead atoms. The van der Waals surface area contributed by atoms with Gasteiger partial charge in [0.2, 0.25) is 5.91 Å². The van der Waals surface area contributed by atoms with Gasteiger partial charge in [-0.1, -0.05) is 12.5 Å². The molecule has 3 aromatic heterocycles. The molecular weight excluding hydrogens is 404 g/mol. The highest BCUT2D eigenvalue weighted by molar-refractivity contribution is 7.15. The Labute approximate surface area is 177 Å². The minimum absolute atomic E-state index is 0.0453. The molecule has 3 heterocycles. The van der Waals surface area contributed by atoms with Crippen LogP contribution < -0.4 is 5.32 Å². The molecule has 0 aliphatic heterocycles.